The highest BCUT2D eigenvalue weighted by Gasteiger charge is 2.24. The summed E-state index contributed by atoms with van der Waals surface area (Å²) in [6, 6.07) is 8.98. The van der Waals surface area contributed by atoms with Crippen molar-refractivity contribution in [3.05, 3.63) is 53.8 Å². The molecule has 0 aliphatic carbocycles. The van der Waals surface area contributed by atoms with Crippen molar-refractivity contribution in [3.63, 3.8) is 0 Å². The lowest BCUT2D eigenvalue weighted by atomic mass is 10.2. The number of sulfonamides is 1. The van der Waals surface area contributed by atoms with Gasteiger partial charge in [-0.05, 0) is 19.1 Å². The molecule has 0 spiro atoms. The number of hydrogen-bond donors (Lipinski definition) is 0. The van der Waals surface area contributed by atoms with Crippen LogP contribution in [0.1, 0.15) is 5.56 Å². The van der Waals surface area contributed by atoms with E-state index in [-0.39, 0.29) is 18.0 Å². The SMILES string of the molecule is C=CCN(C/C=C(/C#N)[Si](C)(C)C)S(=O)(=O)c1ccc(C)cc1. The van der Waals surface area contributed by atoms with Gasteiger partial charge in [-0.3, -0.25) is 0 Å². The van der Waals surface area contributed by atoms with E-state index in [0.29, 0.717) is 5.20 Å². The number of allylic oxidation sites excluding steroid dienone is 1. The fraction of sp³-hybridized carbons (Fsp3) is 0.353. The lowest BCUT2D eigenvalue weighted by molar-refractivity contribution is 0.474. The molecule has 0 fully saturated rings. The van der Waals surface area contributed by atoms with Crippen LogP contribution in [0.5, 0.6) is 0 Å². The predicted octanol–water partition coefficient (Wildman–Crippen LogP) is 3.50. The lowest BCUT2D eigenvalue weighted by Crippen LogP contribution is -2.33. The Morgan fingerprint density at radius 2 is 1.83 bits per heavy atom. The van der Waals surface area contributed by atoms with Crippen LogP contribution in [0.15, 0.2) is 53.1 Å². The van der Waals surface area contributed by atoms with Crippen molar-refractivity contribution in [2.45, 2.75) is 31.5 Å². The van der Waals surface area contributed by atoms with Crippen molar-refractivity contribution >= 4 is 18.1 Å². The first-order valence-electron chi connectivity index (χ1n) is 7.41. The van der Waals surface area contributed by atoms with Gasteiger partial charge < -0.3 is 0 Å². The number of nitrogens with zero attached hydrogens (tertiary/aromatic N) is 2. The van der Waals surface area contributed by atoms with E-state index in [1.807, 2.05) is 6.92 Å². The summed E-state index contributed by atoms with van der Waals surface area (Å²) < 4.78 is 26.9. The van der Waals surface area contributed by atoms with Crippen molar-refractivity contribution in [2.75, 3.05) is 13.1 Å². The number of rotatable bonds is 7. The summed E-state index contributed by atoms with van der Waals surface area (Å²) in [7, 11) is -5.38. The third kappa shape index (κ3) is 5.17. The van der Waals surface area contributed by atoms with Gasteiger partial charge in [0.2, 0.25) is 10.0 Å². The van der Waals surface area contributed by atoms with Crippen molar-refractivity contribution < 1.29 is 8.42 Å². The second-order valence-corrected chi connectivity index (χ2v) is 13.4. The van der Waals surface area contributed by atoms with Crippen LogP contribution < -0.4 is 0 Å². The van der Waals surface area contributed by atoms with Gasteiger partial charge in [0, 0.05) is 18.3 Å². The fourth-order valence-corrected chi connectivity index (χ4v) is 4.38. The summed E-state index contributed by atoms with van der Waals surface area (Å²) in [5.74, 6) is 0. The van der Waals surface area contributed by atoms with Gasteiger partial charge in [0.1, 0.15) is 0 Å². The van der Waals surface area contributed by atoms with E-state index in [0.717, 1.165) is 5.56 Å². The highest BCUT2D eigenvalue weighted by Crippen LogP contribution is 2.18. The smallest absolute Gasteiger partial charge is 0.207 e. The summed E-state index contributed by atoms with van der Waals surface area (Å²) >= 11 is 0. The highest BCUT2D eigenvalue weighted by molar-refractivity contribution is 7.89. The van der Waals surface area contributed by atoms with Crippen LogP contribution in [0.25, 0.3) is 0 Å². The summed E-state index contributed by atoms with van der Waals surface area (Å²) in [5, 5.41) is 9.98. The van der Waals surface area contributed by atoms with Crippen molar-refractivity contribution in [1.82, 2.24) is 4.31 Å². The molecular weight excluding hydrogens is 324 g/mol. The zero-order valence-corrected chi connectivity index (χ0v) is 16.0. The van der Waals surface area contributed by atoms with Gasteiger partial charge in [-0.1, -0.05) is 49.5 Å². The maximum atomic E-state index is 12.8. The van der Waals surface area contributed by atoms with Gasteiger partial charge >= 0.3 is 0 Å². The molecular formula is C17H24N2O2SSi. The zero-order valence-electron chi connectivity index (χ0n) is 14.2. The minimum absolute atomic E-state index is 0.176. The Bertz CT molecular complexity index is 723. The van der Waals surface area contributed by atoms with Crippen molar-refractivity contribution in [1.29, 1.82) is 5.26 Å². The Kier molecular flexibility index (Phi) is 6.51. The predicted molar refractivity (Wildman–Crippen MR) is 97.2 cm³/mol. The first-order valence-corrected chi connectivity index (χ1v) is 12.4. The number of nitriles is 1. The van der Waals surface area contributed by atoms with Gasteiger partial charge in [-0.2, -0.15) is 9.57 Å². The molecule has 0 aromatic heterocycles. The van der Waals surface area contributed by atoms with E-state index in [1.165, 1.54) is 4.31 Å². The van der Waals surface area contributed by atoms with Gasteiger partial charge in [-0.15, -0.1) is 6.58 Å². The molecule has 0 aliphatic rings. The topological polar surface area (TPSA) is 61.2 Å². The van der Waals surface area contributed by atoms with Gasteiger partial charge in [0.15, 0.2) is 0 Å². The highest BCUT2D eigenvalue weighted by atomic mass is 32.2. The van der Waals surface area contributed by atoms with E-state index in [2.05, 4.69) is 32.3 Å². The average Bonchev–Trinajstić information content (AvgIpc) is 2.45. The first-order chi connectivity index (χ1) is 10.6. The minimum Gasteiger partial charge on any atom is -0.207 e. The number of benzene rings is 1. The Labute approximate surface area is 140 Å². The Morgan fingerprint density at radius 1 is 1.26 bits per heavy atom. The molecule has 0 radical (unpaired) electrons. The molecule has 1 aromatic rings. The summed E-state index contributed by atoms with van der Waals surface area (Å²) in [5.41, 5.74) is 1.00. The molecule has 4 nitrogen and oxygen atoms in total. The molecule has 6 heteroatoms. The maximum absolute atomic E-state index is 12.8. The van der Waals surface area contributed by atoms with Crippen LogP contribution in [-0.4, -0.2) is 33.9 Å². The van der Waals surface area contributed by atoms with Crippen LogP contribution in [-0.2, 0) is 10.0 Å². The number of aryl methyl sites for hydroxylation is 1. The maximum Gasteiger partial charge on any atom is 0.243 e. The van der Waals surface area contributed by atoms with Crippen LogP contribution >= 0.6 is 0 Å². The molecule has 0 unspecified atom stereocenters. The van der Waals surface area contributed by atoms with Gasteiger partial charge in [0.05, 0.1) is 19.0 Å². The van der Waals surface area contributed by atoms with Crippen molar-refractivity contribution in [2.24, 2.45) is 0 Å². The van der Waals surface area contributed by atoms with Crippen LogP contribution in [0.4, 0.5) is 0 Å². The molecule has 0 aliphatic heterocycles. The fourth-order valence-electron chi connectivity index (χ4n) is 1.99. The largest absolute Gasteiger partial charge is 0.243 e. The second kappa shape index (κ2) is 7.73. The average molecular weight is 349 g/mol. The second-order valence-electron chi connectivity index (χ2n) is 6.40. The molecule has 0 bridgehead atoms. The standard InChI is InChI=1S/C17H24N2O2SSi/c1-6-12-19(13-11-17(14-18)23(3,4)5)22(20,21)16-9-7-15(2)8-10-16/h6-11H,1,12-13H2,2-5H3/b17-11-. The molecule has 124 valence electrons. The molecule has 1 aromatic carbocycles. The van der Waals surface area contributed by atoms with E-state index in [9.17, 15) is 13.7 Å². The Morgan fingerprint density at radius 3 is 2.26 bits per heavy atom. The summed E-state index contributed by atoms with van der Waals surface area (Å²) in [6.45, 7) is 12.1. The minimum atomic E-state index is -3.61. The molecule has 0 N–H and O–H groups in total. The van der Waals surface area contributed by atoms with Crippen molar-refractivity contribution in [3.8, 4) is 6.07 Å². The third-order valence-corrected chi connectivity index (χ3v) is 7.20. The first kappa shape index (κ1) is 19.4. The van der Waals surface area contributed by atoms with Gasteiger partial charge in [-0.25, -0.2) is 8.42 Å². The van der Waals surface area contributed by atoms with E-state index in [1.54, 1.807) is 36.4 Å². The quantitative estimate of drug-likeness (QED) is 0.430. The molecule has 0 saturated carbocycles. The normalized spacial score (nSPS) is 13.0. The van der Waals surface area contributed by atoms with Crippen LogP contribution in [0.3, 0.4) is 0 Å². The molecule has 1 rings (SSSR count). The van der Waals surface area contributed by atoms with E-state index >= 15 is 0 Å². The van der Waals surface area contributed by atoms with E-state index in [4.69, 9.17) is 0 Å². The monoisotopic (exact) mass is 348 g/mol. The molecule has 0 atom stereocenters. The molecule has 0 amide bonds. The zero-order chi connectivity index (χ0) is 17.7. The third-order valence-electron chi connectivity index (χ3n) is 3.42. The molecule has 0 heterocycles. The van der Waals surface area contributed by atoms with Crippen LogP contribution in [0.2, 0.25) is 19.6 Å². The Balaban J connectivity index is 3.16. The Hall–Kier alpha value is -1.68. The van der Waals surface area contributed by atoms with Crippen LogP contribution in [0, 0.1) is 18.3 Å². The summed E-state index contributed by atoms with van der Waals surface area (Å²) in [6.07, 6.45) is 3.29. The number of hydrogen-bond acceptors (Lipinski definition) is 3. The lowest BCUT2D eigenvalue weighted by Gasteiger charge is -2.21. The van der Waals surface area contributed by atoms with Gasteiger partial charge in [0.25, 0.3) is 0 Å². The molecule has 23 heavy (non-hydrogen) atoms. The summed E-state index contributed by atoms with van der Waals surface area (Å²) in [4.78, 5) is 0.255. The van der Waals surface area contributed by atoms with E-state index < -0.39 is 18.1 Å². The molecule has 0 saturated heterocycles.